The molecular weight excluding hydrogens is 214 g/mol. The third kappa shape index (κ3) is 4.99. The van der Waals surface area contributed by atoms with Gasteiger partial charge in [0.05, 0.1) is 6.04 Å². The minimum absolute atomic E-state index is 0.0195. The Hall–Kier alpha value is -0.700. The molecule has 3 nitrogen and oxygen atoms in total. The van der Waals surface area contributed by atoms with Gasteiger partial charge in [0.1, 0.15) is 5.78 Å². The molecule has 0 aliphatic rings. The van der Waals surface area contributed by atoms with Gasteiger partial charge < -0.3 is 5.73 Å². The van der Waals surface area contributed by atoms with Crippen molar-refractivity contribution in [1.82, 2.24) is 0 Å². The lowest BCUT2D eigenvalue weighted by atomic mass is 9.78. The van der Waals surface area contributed by atoms with Crippen molar-refractivity contribution in [1.29, 1.82) is 0 Å². The molecule has 2 N–H and O–H groups in total. The van der Waals surface area contributed by atoms with Gasteiger partial charge in [-0.25, -0.2) is 0 Å². The van der Waals surface area contributed by atoms with Crippen LogP contribution in [0.15, 0.2) is 0 Å². The lowest BCUT2D eigenvalue weighted by Gasteiger charge is -2.26. The van der Waals surface area contributed by atoms with Gasteiger partial charge >= 0.3 is 0 Å². The fraction of sp³-hybridized carbons (Fsp3) is 0.857. The second kappa shape index (κ2) is 5.30. The van der Waals surface area contributed by atoms with Gasteiger partial charge in [-0.1, -0.05) is 48.5 Å². The molecule has 0 bridgehead atoms. The van der Waals surface area contributed by atoms with Crippen LogP contribution in [0.2, 0.25) is 0 Å². The van der Waals surface area contributed by atoms with Crippen LogP contribution < -0.4 is 5.73 Å². The first-order valence-electron chi connectivity index (χ1n) is 6.21. The molecule has 3 heteroatoms. The Labute approximate surface area is 105 Å². The van der Waals surface area contributed by atoms with Crippen molar-refractivity contribution in [2.24, 2.45) is 22.5 Å². The predicted molar refractivity (Wildman–Crippen MR) is 70.7 cm³/mol. The SMILES string of the molecule is CC(CC(N)C(=O)C(C)(C)C)C(=O)C(C)(C)C. The molecule has 0 saturated heterocycles. The molecule has 100 valence electrons. The maximum absolute atomic E-state index is 12.0. The standard InChI is InChI=1S/C14H27NO2/c1-9(11(16)13(2,3)4)8-10(15)12(17)14(5,6)7/h9-10H,8,15H2,1-7H3. The van der Waals surface area contributed by atoms with E-state index in [4.69, 9.17) is 5.73 Å². The fourth-order valence-corrected chi connectivity index (χ4v) is 1.89. The lowest BCUT2D eigenvalue weighted by Crippen LogP contribution is -2.41. The Kier molecular flexibility index (Phi) is 5.08. The molecule has 17 heavy (non-hydrogen) atoms. The molecule has 0 spiro atoms. The van der Waals surface area contributed by atoms with E-state index in [-0.39, 0.29) is 22.9 Å². The van der Waals surface area contributed by atoms with Crippen molar-refractivity contribution in [3.05, 3.63) is 0 Å². The van der Waals surface area contributed by atoms with Crippen LogP contribution in [0.25, 0.3) is 0 Å². The fourth-order valence-electron chi connectivity index (χ4n) is 1.89. The third-order valence-corrected chi connectivity index (χ3v) is 2.87. The zero-order valence-electron chi connectivity index (χ0n) is 12.3. The van der Waals surface area contributed by atoms with Gasteiger partial charge in [0, 0.05) is 16.7 Å². The van der Waals surface area contributed by atoms with Gasteiger partial charge in [-0.3, -0.25) is 9.59 Å². The van der Waals surface area contributed by atoms with E-state index in [9.17, 15) is 9.59 Å². The summed E-state index contributed by atoms with van der Waals surface area (Å²) in [6.07, 6.45) is 0.437. The topological polar surface area (TPSA) is 60.2 Å². The van der Waals surface area contributed by atoms with E-state index in [1.807, 2.05) is 48.5 Å². The van der Waals surface area contributed by atoms with Crippen LogP contribution in [0.4, 0.5) is 0 Å². The van der Waals surface area contributed by atoms with Crippen LogP contribution in [0.3, 0.4) is 0 Å². The third-order valence-electron chi connectivity index (χ3n) is 2.87. The molecule has 0 heterocycles. The summed E-state index contributed by atoms with van der Waals surface area (Å²) in [5.74, 6) is 0.0111. The van der Waals surface area contributed by atoms with Crippen LogP contribution in [0.1, 0.15) is 54.9 Å². The number of Topliss-reactive ketones (excluding diaryl/α,β-unsaturated/α-hetero) is 2. The Bertz CT molecular complexity index is 264. The summed E-state index contributed by atoms with van der Waals surface area (Å²) < 4.78 is 0. The maximum Gasteiger partial charge on any atom is 0.154 e. The first kappa shape index (κ1) is 16.3. The van der Waals surface area contributed by atoms with E-state index in [0.29, 0.717) is 6.42 Å². The van der Waals surface area contributed by atoms with E-state index in [0.717, 1.165) is 0 Å². The van der Waals surface area contributed by atoms with Crippen LogP contribution in [0.5, 0.6) is 0 Å². The number of rotatable bonds is 4. The molecule has 0 aromatic carbocycles. The maximum atomic E-state index is 12.0. The minimum Gasteiger partial charge on any atom is -0.321 e. The van der Waals surface area contributed by atoms with Gasteiger partial charge in [-0.15, -0.1) is 0 Å². The highest BCUT2D eigenvalue weighted by molar-refractivity contribution is 5.90. The van der Waals surface area contributed by atoms with E-state index in [1.54, 1.807) is 0 Å². The average molecular weight is 241 g/mol. The molecule has 0 rings (SSSR count). The van der Waals surface area contributed by atoms with E-state index >= 15 is 0 Å². The van der Waals surface area contributed by atoms with Gasteiger partial charge in [0.2, 0.25) is 0 Å². The van der Waals surface area contributed by atoms with Crippen molar-refractivity contribution in [2.75, 3.05) is 0 Å². The van der Waals surface area contributed by atoms with Crippen LogP contribution in [-0.2, 0) is 9.59 Å². The van der Waals surface area contributed by atoms with Crippen molar-refractivity contribution >= 4 is 11.6 Å². The molecular formula is C14H27NO2. The summed E-state index contributed by atoms with van der Waals surface area (Å²) in [5, 5.41) is 0. The molecule has 2 unspecified atom stereocenters. The van der Waals surface area contributed by atoms with Gasteiger partial charge in [0.15, 0.2) is 5.78 Å². The van der Waals surface area contributed by atoms with Gasteiger partial charge in [0.25, 0.3) is 0 Å². The minimum atomic E-state index is -0.545. The number of carbonyl (C=O) groups is 2. The van der Waals surface area contributed by atoms with E-state index < -0.39 is 11.5 Å². The number of hydrogen-bond acceptors (Lipinski definition) is 3. The highest BCUT2D eigenvalue weighted by atomic mass is 16.1. The Morgan fingerprint density at radius 1 is 0.941 bits per heavy atom. The van der Waals surface area contributed by atoms with Crippen molar-refractivity contribution < 1.29 is 9.59 Å². The number of ketones is 2. The normalized spacial score (nSPS) is 16.5. The summed E-state index contributed by atoms with van der Waals surface area (Å²) in [5.41, 5.74) is 5.07. The first-order chi connectivity index (χ1) is 7.37. The number of carbonyl (C=O) groups excluding carboxylic acids is 2. The summed E-state index contributed by atoms with van der Waals surface area (Å²) in [6, 6.07) is -0.545. The molecule has 0 aliphatic heterocycles. The highest BCUT2D eigenvalue weighted by Gasteiger charge is 2.32. The molecule has 0 radical (unpaired) electrons. The van der Waals surface area contributed by atoms with E-state index in [1.165, 1.54) is 0 Å². The number of nitrogens with two attached hydrogens (primary N) is 1. The summed E-state index contributed by atoms with van der Waals surface area (Å²) in [6.45, 7) is 13.1. The first-order valence-corrected chi connectivity index (χ1v) is 6.21. The quantitative estimate of drug-likeness (QED) is 0.823. The van der Waals surface area contributed by atoms with Gasteiger partial charge in [-0.2, -0.15) is 0 Å². The predicted octanol–water partition coefficient (Wildman–Crippen LogP) is 2.57. The lowest BCUT2D eigenvalue weighted by molar-refractivity contribution is -0.131. The zero-order chi connectivity index (χ0) is 14.0. The molecule has 0 aromatic rings. The molecule has 0 saturated carbocycles. The smallest absolute Gasteiger partial charge is 0.154 e. The summed E-state index contributed by atoms with van der Waals surface area (Å²) >= 11 is 0. The molecule has 0 fully saturated rings. The Balaban J connectivity index is 4.56. The molecule has 2 atom stereocenters. The second-order valence-corrected chi connectivity index (χ2v) is 6.97. The molecule has 0 amide bonds. The Morgan fingerprint density at radius 2 is 1.29 bits per heavy atom. The second-order valence-electron chi connectivity index (χ2n) is 6.97. The number of hydrogen-bond donors (Lipinski definition) is 1. The van der Waals surface area contributed by atoms with Crippen molar-refractivity contribution in [2.45, 2.75) is 60.9 Å². The summed E-state index contributed by atoms with van der Waals surface area (Å²) in [7, 11) is 0. The Morgan fingerprint density at radius 3 is 1.59 bits per heavy atom. The van der Waals surface area contributed by atoms with E-state index in [2.05, 4.69) is 0 Å². The van der Waals surface area contributed by atoms with Crippen molar-refractivity contribution in [3.63, 3.8) is 0 Å². The highest BCUT2D eigenvalue weighted by Crippen LogP contribution is 2.24. The largest absolute Gasteiger partial charge is 0.321 e. The van der Waals surface area contributed by atoms with Gasteiger partial charge in [-0.05, 0) is 6.42 Å². The summed E-state index contributed by atoms with van der Waals surface area (Å²) in [4.78, 5) is 23.9. The van der Waals surface area contributed by atoms with Crippen LogP contribution in [-0.4, -0.2) is 17.6 Å². The monoisotopic (exact) mass is 241 g/mol. The molecule has 0 aliphatic carbocycles. The average Bonchev–Trinajstić information content (AvgIpc) is 2.12. The zero-order valence-corrected chi connectivity index (χ0v) is 12.3. The van der Waals surface area contributed by atoms with Crippen LogP contribution >= 0.6 is 0 Å². The van der Waals surface area contributed by atoms with Crippen molar-refractivity contribution in [3.8, 4) is 0 Å². The molecule has 0 aromatic heterocycles. The van der Waals surface area contributed by atoms with Crippen LogP contribution in [0, 0.1) is 16.7 Å².